The van der Waals surface area contributed by atoms with Crippen LogP contribution in [-0.2, 0) is 14.3 Å². The molecule has 0 aliphatic rings. The van der Waals surface area contributed by atoms with Crippen LogP contribution in [-0.4, -0.2) is 23.7 Å². The van der Waals surface area contributed by atoms with Crippen molar-refractivity contribution in [2.75, 3.05) is 6.61 Å². The van der Waals surface area contributed by atoms with E-state index in [1.165, 1.54) is 12.1 Å². The molecule has 0 aromatic heterocycles. The van der Waals surface area contributed by atoms with E-state index < -0.39 is 17.9 Å². The third kappa shape index (κ3) is 4.73. The van der Waals surface area contributed by atoms with Gasteiger partial charge in [-0.15, -0.1) is 0 Å². The van der Waals surface area contributed by atoms with Gasteiger partial charge in [-0.2, -0.15) is 0 Å². The molecule has 19 heavy (non-hydrogen) atoms. The highest BCUT2D eigenvalue weighted by atomic mass is 35.5. The third-order valence-electron chi connectivity index (χ3n) is 2.46. The first-order chi connectivity index (χ1) is 8.95. The second-order valence-electron chi connectivity index (χ2n) is 3.99. The molecular weight excluding hydrogens is 291 g/mol. The summed E-state index contributed by atoms with van der Waals surface area (Å²) >= 11 is 11.7. The van der Waals surface area contributed by atoms with Gasteiger partial charge in [0.25, 0.3) is 0 Å². The molecule has 0 aliphatic carbocycles. The third-order valence-corrected chi connectivity index (χ3v) is 3.20. The van der Waals surface area contributed by atoms with Crippen LogP contribution in [0.2, 0.25) is 10.0 Å². The Hall–Kier alpha value is -1.26. The van der Waals surface area contributed by atoms with E-state index in [0.29, 0.717) is 17.0 Å². The Morgan fingerprint density at radius 2 is 2.00 bits per heavy atom. The minimum atomic E-state index is -1.08. The largest absolute Gasteiger partial charge is 0.481 e. The highest BCUT2D eigenvalue weighted by Gasteiger charge is 2.25. The van der Waals surface area contributed by atoms with E-state index in [-0.39, 0.29) is 18.1 Å². The number of hydrogen-bond donors (Lipinski definition) is 1. The number of carboxylic acid groups (broad SMARTS) is 1. The van der Waals surface area contributed by atoms with Gasteiger partial charge in [0.1, 0.15) is 0 Å². The molecule has 0 saturated carbocycles. The van der Waals surface area contributed by atoms with Crippen molar-refractivity contribution >= 4 is 35.1 Å². The predicted octanol–water partition coefficient (Wildman–Crippen LogP) is 3.50. The summed E-state index contributed by atoms with van der Waals surface area (Å²) in [5.41, 5.74) is 0.484. The maximum absolute atomic E-state index is 11.9. The van der Waals surface area contributed by atoms with Gasteiger partial charge in [-0.3, -0.25) is 9.59 Å². The summed E-state index contributed by atoms with van der Waals surface area (Å²) in [6, 6.07) is 4.60. The fourth-order valence-electron chi connectivity index (χ4n) is 1.54. The number of halogens is 2. The number of esters is 1. The molecule has 4 nitrogen and oxygen atoms in total. The minimum Gasteiger partial charge on any atom is -0.481 e. The van der Waals surface area contributed by atoms with Gasteiger partial charge in [0.15, 0.2) is 0 Å². The van der Waals surface area contributed by atoms with Gasteiger partial charge in [0, 0.05) is 0 Å². The molecule has 0 amide bonds. The zero-order valence-corrected chi connectivity index (χ0v) is 11.9. The molecule has 6 heteroatoms. The Bertz CT molecular complexity index is 474. The average molecular weight is 305 g/mol. The molecule has 0 radical (unpaired) electrons. The van der Waals surface area contributed by atoms with Crippen molar-refractivity contribution in [2.45, 2.75) is 25.7 Å². The number of aliphatic carboxylic acids is 1. The maximum Gasteiger partial charge on any atom is 0.314 e. The molecule has 1 N–H and O–H groups in total. The molecule has 0 heterocycles. The number of hydrogen-bond acceptors (Lipinski definition) is 3. The van der Waals surface area contributed by atoms with E-state index in [2.05, 4.69) is 0 Å². The van der Waals surface area contributed by atoms with Gasteiger partial charge in [-0.25, -0.2) is 0 Å². The summed E-state index contributed by atoms with van der Waals surface area (Å²) in [5.74, 6) is -2.52. The lowest BCUT2D eigenvalue weighted by Gasteiger charge is -2.15. The van der Waals surface area contributed by atoms with Gasteiger partial charge in [0.05, 0.1) is 29.0 Å². The monoisotopic (exact) mass is 304 g/mol. The van der Waals surface area contributed by atoms with Crippen LogP contribution in [0.5, 0.6) is 0 Å². The van der Waals surface area contributed by atoms with Crippen LogP contribution in [0.25, 0.3) is 0 Å². The molecule has 1 atom stereocenters. The Kier molecular flexibility index (Phi) is 6.12. The van der Waals surface area contributed by atoms with E-state index in [1.807, 2.05) is 6.92 Å². The second kappa shape index (κ2) is 7.36. The van der Waals surface area contributed by atoms with E-state index >= 15 is 0 Å². The molecule has 1 aromatic carbocycles. The fourth-order valence-corrected chi connectivity index (χ4v) is 1.85. The van der Waals surface area contributed by atoms with Gasteiger partial charge < -0.3 is 9.84 Å². The molecule has 0 spiro atoms. The average Bonchev–Trinajstić information content (AvgIpc) is 2.36. The summed E-state index contributed by atoms with van der Waals surface area (Å²) in [6.45, 7) is 2.12. The lowest BCUT2D eigenvalue weighted by atomic mass is 9.96. The standard InChI is InChI=1S/C13H14Cl2O4/c1-2-5-19-13(18)9(7-12(16)17)8-3-4-10(14)11(15)6-8/h3-4,6,9H,2,5,7H2,1H3,(H,16,17). The highest BCUT2D eigenvalue weighted by Crippen LogP contribution is 2.29. The zero-order valence-electron chi connectivity index (χ0n) is 10.4. The molecule has 0 aliphatic heterocycles. The van der Waals surface area contributed by atoms with Crippen LogP contribution in [0.15, 0.2) is 18.2 Å². The number of rotatable bonds is 6. The smallest absolute Gasteiger partial charge is 0.314 e. The van der Waals surface area contributed by atoms with Gasteiger partial charge in [-0.05, 0) is 24.1 Å². The minimum absolute atomic E-state index is 0.260. The first kappa shape index (κ1) is 15.8. The molecule has 1 aromatic rings. The maximum atomic E-state index is 11.9. The van der Waals surface area contributed by atoms with Crippen molar-refractivity contribution in [1.82, 2.24) is 0 Å². The SMILES string of the molecule is CCCOC(=O)C(CC(=O)O)c1ccc(Cl)c(Cl)c1. The number of benzene rings is 1. The Morgan fingerprint density at radius 1 is 1.32 bits per heavy atom. The molecular formula is C13H14Cl2O4. The quantitative estimate of drug-likeness (QED) is 0.817. The summed E-state index contributed by atoms with van der Waals surface area (Å²) in [5, 5.41) is 9.50. The Labute approximate surface area is 121 Å². The normalized spacial score (nSPS) is 11.9. The summed E-state index contributed by atoms with van der Waals surface area (Å²) in [7, 11) is 0. The van der Waals surface area contributed by atoms with E-state index in [0.717, 1.165) is 0 Å². The van der Waals surface area contributed by atoms with Gasteiger partial charge >= 0.3 is 11.9 Å². The van der Waals surface area contributed by atoms with Crippen LogP contribution < -0.4 is 0 Å². The molecule has 0 bridgehead atoms. The summed E-state index contributed by atoms with van der Waals surface area (Å²) in [6.07, 6.45) is 0.327. The fraction of sp³-hybridized carbons (Fsp3) is 0.385. The number of carboxylic acids is 1. The van der Waals surface area contributed by atoms with Crippen molar-refractivity contribution < 1.29 is 19.4 Å². The van der Waals surface area contributed by atoms with E-state index in [1.54, 1.807) is 6.07 Å². The lowest BCUT2D eigenvalue weighted by molar-refractivity contribution is -0.149. The van der Waals surface area contributed by atoms with Crippen molar-refractivity contribution in [3.8, 4) is 0 Å². The second-order valence-corrected chi connectivity index (χ2v) is 4.81. The van der Waals surface area contributed by atoms with Crippen molar-refractivity contribution in [1.29, 1.82) is 0 Å². The molecule has 0 saturated heterocycles. The van der Waals surface area contributed by atoms with Crippen LogP contribution >= 0.6 is 23.2 Å². The van der Waals surface area contributed by atoms with Crippen molar-refractivity contribution in [3.05, 3.63) is 33.8 Å². The van der Waals surface area contributed by atoms with Crippen LogP contribution in [0.3, 0.4) is 0 Å². The summed E-state index contributed by atoms with van der Waals surface area (Å²) in [4.78, 5) is 22.7. The van der Waals surface area contributed by atoms with Crippen molar-refractivity contribution in [3.63, 3.8) is 0 Å². The van der Waals surface area contributed by atoms with Crippen LogP contribution in [0, 0.1) is 0 Å². The molecule has 104 valence electrons. The number of carbonyl (C=O) groups excluding carboxylic acids is 1. The lowest BCUT2D eigenvalue weighted by Crippen LogP contribution is -2.19. The predicted molar refractivity (Wildman–Crippen MR) is 72.7 cm³/mol. The first-order valence-corrected chi connectivity index (χ1v) is 6.54. The number of carbonyl (C=O) groups is 2. The molecule has 0 fully saturated rings. The van der Waals surface area contributed by atoms with Gasteiger partial charge in [-0.1, -0.05) is 36.2 Å². The number of ether oxygens (including phenoxy) is 1. The summed E-state index contributed by atoms with van der Waals surface area (Å²) < 4.78 is 5.00. The molecule has 1 unspecified atom stereocenters. The molecule has 1 rings (SSSR count). The topological polar surface area (TPSA) is 63.6 Å². The highest BCUT2D eigenvalue weighted by molar-refractivity contribution is 6.42. The van der Waals surface area contributed by atoms with Gasteiger partial charge in [0.2, 0.25) is 0 Å². The zero-order chi connectivity index (χ0) is 14.4. The van der Waals surface area contributed by atoms with E-state index in [4.69, 9.17) is 33.0 Å². The Morgan fingerprint density at radius 3 is 2.53 bits per heavy atom. The van der Waals surface area contributed by atoms with Crippen molar-refractivity contribution in [2.24, 2.45) is 0 Å². The Balaban J connectivity index is 2.98. The first-order valence-electron chi connectivity index (χ1n) is 5.79. The van der Waals surface area contributed by atoms with E-state index in [9.17, 15) is 9.59 Å². The van der Waals surface area contributed by atoms with Crippen LogP contribution in [0.4, 0.5) is 0 Å². The van der Waals surface area contributed by atoms with Crippen LogP contribution in [0.1, 0.15) is 31.2 Å².